The van der Waals surface area contributed by atoms with E-state index < -0.39 is 0 Å². The minimum atomic E-state index is -0.289. The van der Waals surface area contributed by atoms with Gasteiger partial charge in [0.15, 0.2) is 0 Å². The Morgan fingerprint density at radius 1 is 1.53 bits per heavy atom. The maximum atomic E-state index is 11.2. The fourth-order valence-corrected chi connectivity index (χ4v) is 1.52. The number of halogens is 1. The maximum absolute atomic E-state index is 11.2. The first-order valence-electron chi connectivity index (χ1n) is 4.74. The van der Waals surface area contributed by atoms with Crippen LogP contribution in [0.4, 0.5) is 5.69 Å². The summed E-state index contributed by atoms with van der Waals surface area (Å²) in [4.78, 5) is 11.2. The highest BCUT2D eigenvalue weighted by Gasteiger charge is 2.09. The number of hydrogen-bond donors (Lipinski definition) is 1. The number of esters is 1. The first-order valence-corrected chi connectivity index (χ1v) is 5.12. The smallest absolute Gasteiger partial charge is 0.310 e. The van der Waals surface area contributed by atoms with Gasteiger partial charge in [0.25, 0.3) is 0 Å². The lowest BCUT2D eigenvalue weighted by Crippen LogP contribution is -2.08. The molecule has 3 nitrogen and oxygen atoms in total. The molecule has 0 aliphatic carbocycles. The Balaban J connectivity index is 2.86. The molecule has 1 aromatic rings. The normalized spacial score (nSPS) is 10.1. The van der Waals surface area contributed by atoms with Crippen LogP contribution in [-0.2, 0) is 16.0 Å². The van der Waals surface area contributed by atoms with Gasteiger partial charge in [-0.2, -0.15) is 0 Å². The Hall–Kier alpha value is -1.22. The number of hydrogen-bond acceptors (Lipinski definition) is 3. The predicted octanol–water partition coefficient (Wildman–Crippen LogP) is 2.34. The molecule has 0 aliphatic rings. The summed E-state index contributed by atoms with van der Waals surface area (Å²) in [5, 5.41) is 0.551. The van der Waals surface area contributed by atoms with Crippen LogP contribution in [0.2, 0.25) is 5.02 Å². The minimum absolute atomic E-state index is 0.164. The Morgan fingerprint density at radius 2 is 2.20 bits per heavy atom. The van der Waals surface area contributed by atoms with Gasteiger partial charge in [-0.1, -0.05) is 11.6 Å². The average molecular weight is 228 g/mol. The van der Waals surface area contributed by atoms with Crippen LogP contribution in [0, 0.1) is 6.92 Å². The number of carbonyl (C=O) groups is 1. The second-order valence-electron chi connectivity index (χ2n) is 3.28. The molecule has 0 aliphatic heterocycles. The lowest BCUT2D eigenvalue weighted by Gasteiger charge is -2.07. The van der Waals surface area contributed by atoms with Gasteiger partial charge >= 0.3 is 5.97 Å². The van der Waals surface area contributed by atoms with E-state index in [2.05, 4.69) is 0 Å². The summed E-state index contributed by atoms with van der Waals surface area (Å²) < 4.78 is 4.83. The van der Waals surface area contributed by atoms with Crippen LogP contribution < -0.4 is 5.73 Å². The van der Waals surface area contributed by atoms with Crippen molar-refractivity contribution in [3.8, 4) is 0 Å². The summed E-state index contributed by atoms with van der Waals surface area (Å²) in [5.41, 5.74) is 7.98. The Morgan fingerprint density at radius 3 is 2.80 bits per heavy atom. The van der Waals surface area contributed by atoms with Crippen LogP contribution in [0.15, 0.2) is 12.1 Å². The van der Waals surface area contributed by atoms with Gasteiger partial charge in [0.2, 0.25) is 0 Å². The van der Waals surface area contributed by atoms with Crippen molar-refractivity contribution in [2.45, 2.75) is 20.3 Å². The zero-order chi connectivity index (χ0) is 11.4. The fraction of sp³-hybridized carbons (Fsp3) is 0.364. The van der Waals surface area contributed by atoms with E-state index in [1.807, 2.05) is 6.92 Å². The second kappa shape index (κ2) is 5.03. The van der Waals surface area contributed by atoms with Crippen molar-refractivity contribution >= 4 is 23.3 Å². The predicted molar refractivity (Wildman–Crippen MR) is 60.9 cm³/mol. The zero-order valence-corrected chi connectivity index (χ0v) is 9.60. The van der Waals surface area contributed by atoms with E-state index in [9.17, 15) is 4.79 Å². The maximum Gasteiger partial charge on any atom is 0.310 e. The molecule has 0 amide bonds. The molecule has 82 valence electrons. The third kappa shape index (κ3) is 3.13. The molecule has 0 fully saturated rings. The lowest BCUT2D eigenvalue weighted by atomic mass is 10.1. The van der Waals surface area contributed by atoms with Crippen molar-refractivity contribution in [2.75, 3.05) is 12.3 Å². The van der Waals surface area contributed by atoms with E-state index in [-0.39, 0.29) is 12.4 Å². The van der Waals surface area contributed by atoms with Crippen molar-refractivity contribution in [3.63, 3.8) is 0 Å². The van der Waals surface area contributed by atoms with Crippen LogP contribution in [0.1, 0.15) is 18.1 Å². The molecule has 0 atom stereocenters. The summed E-state index contributed by atoms with van der Waals surface area (Å²) >= 11 is 5.98. The number of ether oxygens (including phenoxy) is 1. The van der Waals surface area contributed by atoms with Gasteiger partial charge in [0.05, 0.1) is 13.0 Å². The third-order valence-electron chi connectivity index (χ3n) is 2.08. The summed E-state index contributed by atoms with van der Waals surface area (Å²) in [5.74, 6) is -0.289. The number of rotatable bonds is 3. The van der Waals surface area contributed by atoms with Gasteiger partial charge in [-0.3, -0.25) is 4.79 Å². The molecule has 4 heteroatoms. The molecule has 0 heterocycles. The number of nitrogen functional groups attached to an aromatic ring is 1. The van der Waals surface area contributed by atoms with E-state index in [4.69, 9.17) is 22.1 Å². The summed E-state index contributed by atoms with van der Waals surface area (Å²) in [6, 6.07) is 3.47. The zero-order valence-electron chi connectivity index (χ0n) is 8.84. The van der Waals surface area contributed by atoms with E-state index in [1.54, 1.807) is 19.1 Å². The highest BCUT2D eigenvalue weighted by Crippen LogP contribution is 2.23. The van der Waals surface area contributed by atoms with Gasteiger partial charge in [0, 0.05) is 10.7 Å². The van der Waals surface area contributed by atoms with Crippen LogP contribution in [-0.4, -0.2) is 12.6 Å². The van der Waals surface area contributed by atoms with Gasteiger partial charge in [0.1, 0.15) is 0 Å². The summed E-state index contributed by atoms with van der Waals surface area (Å²) in [7, 11) is 0. The molecule has 0 aromatic heterocycles. The lowest BCUT2D eigenvalue weighted by molar-refractivity contribution is -0.142. The summed E-state index contributed by atoms with van der Waals surface area (Å²) in [6.07, 6.45) is 0.164. The van der Waals surface area contributed by atoms with Crippen LogP contribution >= 0.6 is 11.6 Å². The molecule has 0 unspecified atom stereocenters. The first-order chi connectivity index (χ1) is 7.04. The first kappa shape index (κ1) is 11.9. The third-order valence-corrected chi connectivity index (χ3v) is 2.43. The highest BCUT2D eigenvalue weighted by atomic mass is 35.5. The van der Waals surface area contributed by atoms with Crippen LogP contribution in [0.25, 0.3) is 0 Å². The van der Waals surface area contributed by atoms with Gasteiger partial charge in [-0.15, -0.1) is 0 Å². The standard InChI is InChI=1S/C11H14ClNO2/c1-3-15-11(14)6-8-5-10(13)7(2)4-9(8)12/h4-5H,3,6,13H2,1-2H3. The summed E-state index contributed by atoms with van der Waals surface area (Å²) in [6.45, 7) is 4.01. The number of anilines is 1. The molecule has 0 saturated heterocycles. The largest absolute Gasteiger partial charge is 0.466 e. The molecule has 2 N–H and O–H groups in total. The molecular formula is C11H14ClNO2. The molecule has 15 heavy (non-hydrogen) atoms. The van der Waals surface area contributed by atoms with E-state index in [0.29, 0.717) is 22.9 Å². The number of nitrogens with two attached hydrogens (primary N) is 1. The molecule has 0 saturated carbocycles. The fourth-order valence-electron chi connectivity index (χ4n) is 1.24. The Kier molecular flexibility index (Phi) is 3.97. The van der Waals surface area contributed by atoms with E-state index >= 15 is 0 Å². The Bertz CT molecular complexity index is 377. The quantitative estimate of drug-likeness (QED) is 0.637. The van der Waals surface area contributed by atoms with Crippen molar-refractivity contribution in [3.05, 3.63) is 28.3 Å². The van der Waals surface area contributed by atoms with Crippen LogP contribution in [0.5, 0.6) is 0 Å². The average Bonchev–Trinajstić information content (AvgIpc) is 2.14. The Labute approximate surface area is 94.2 Å². The minimum Gasteiger partial charge on any atom is -0.466 e. The molecule has 1 aromatic carbocycles. The van der Waals surface area contributed by atoms with Crippen LogP contribution in [0.3, 0.4) is 0 Å². The number of benzene rings is 1. The second-order valence-corrected chi connectivity index (χ2v) is 3.69. The van der Waals surface area contributed by atoms with Crippen molar-refractivity contribution < 1.29 is 9.53 Å². The number of aryl methyl sites for hydroxylation is 1. The molecule has 0 spiro atoms. The van der Waals surface area contributed by atoms with E-state index in [1.165, 1.54) is 0 Å². The number of carbonyl (C=O) groups excluding carboxylic acids is 1. The SMILES string of the molecule is CCOC(=O)Cc1cc(N)c(C)cc1Cl. The monoisotopic (exact) mass is 227 g/mol. The molecule has 0 bridgehead atoms. The van der Waals surface area contributed by atoms with Gasteiger partial charge in [-0.25, -0.2) is 0 Å². The van der Waals surface area contributed by atoms with Crippen molar-refractivity contribution in [1.29, 1.82) is 0 Å². The highest BCUT2D eigenvalue weighted by molar-refractivity contribution is 6.31. The molecule has 1 rings (SSSR count). The van der Waals surface area contributed by atoms with Crippen molar-refractivity contribution in [1.82, 2.24) is 0 Å². The van der Waals surface area contributed by atoms with Gasteiger partial charge < -0.3 is 10.5 Å². The van der Waals surface area contributed by atoms with Gasteiger partial charge in [-0.05, 0) is 37.1 Å². The van der Waals surface area contributed by atoms with Crippen molar-refractivity contribution in [2.24, 2.45) is 0 Å². The van der Waals surface area contributed by atoms with E-state index in [0.717, 1.165) is 5.56 Å². The molecular weight excluding hydrogens is 214 g/mol. The topological polar surface area (TPSA) is 52.3 Å². The molecule has 0 radical (unpaired) electrons.